The third kappa shape index (κ3) is 5.56. The van der Waals surface area contributed by atoms with Gasteiger partial charge in [0.2, 0.25) is 5.91 Å². The Labute approximate surface area is 170 Å². The molecule has 1 N–H and O–H groups in total. The highest BCUT2D eigenvalue weighted by molar-refractivity contribution is 7.99. The molecule has 1 aliphatic rings. The van der Waals surface area contributed by atoms with Gasteiger partial charge in [-0.15, -0.1) is 0 Å². The number of hydrogen-bond donors (Lipinski definition) is 1. The number of rotatable bonds is 6. The van der Waals surface area contributed by atoms with Crippen LogP contribution in [-0.4, -0.2) is 65.4 Å². The van der Waals surface area contributed by atoms with Gasteiger partial charge in [-0.1, -0.05) is 30.0 Å². The third-order valence-corrected chi connectivity index (χ3v) is 5.46. The highest BCUT2D eigenvalue weighted by Crippen LogP contribution is 2.29. The van der Waals surface area contributed by atoms with Gasteiger partial charge in [0, 0.05) is 43.3 Å². The fourth-order valence-electron chi connectivity index (χ4n) is 3.09. The van der Waals surface area contributed by atoms with E-state index in [1.807, 2.05) is 55.1 Å². The number of pyridine rings is 1. The molecular formula is C21H26N4O2S. The normalized spacial score (nSPS) is 14.9. The quantitative estimate of drug-likeness (QED) is 0.810. The van der Waals surface area contributed by atoms with E-state index in [4.69, 9.17) is 0 Å². The first kappa shape index (κ1) is 20.4. The maximum absolute atomic E-state index is 13.1. The van der Waals surface area contributed by atoms with Crippen molar-refractivity contribution in [2.24, 2.45) is 0 Å². The van der Waals surface area contributed by atoms with Gasteiger partial charge in [0.05, 0.1) is 12.1 Å². The molecule has 0 unspecified atom stereocenters. The van der Waals surface area contributed by atoms with E-state index in [1.165, 1.54) is 11.8 Å². The molecule has 0 radical (unpaired) electrons. The van der Waals surface area contributed by atoms with E-state index in [-0.39, 0.29) is 17.9 Å². The van der Waals surface area contributed by atoms with E-state index in [2.05, 4.69) is 15.2 Å². The number of aromatic nitrogens is 1. The smallest absolute Gasteiger partial charge is 0.256 e. The van der Waals surface area contributed by atoms with Crippen molar-refractivity contribution in [1.82, 2.24) is 20.1 Å². The highest BCUT2D eigenvalue weighted by Gasteiger charge is 2.25. The Morgan fingerprint density at radius 3 is 2.46 bits per heavy atom. The summed E-state index contributed by atoms with van der Waals surface area (Å²) >= 11 is 1.50. The zero-order valence-electron chi connectivity index (χ0n) is 16.3. The van der Waals surface area contributed by atoms with Crippen LogP contribution in [-0.2, 0) is 4.79 Å². The summed E-state index contributed by atoms with van der Waals surface area (Å²) in [6.07, 6.45) is 1.72. The van der Waals surface area contributed by atoms with Crippen molar-refractivity contribution in [2.75, 3.05) is 32.7 Å². The van der Waals surface area contributed by atoms with E-state index < -0.39 is 0 Å². The molecule has 2 aromatic rings. The molecule has 6 nitrogen and oxygen atoms in total. The van der Waals surface area contributed by atoms with E-state index in [0.29, 0.717) is 38.3 Å². The molecule has 1 saturated heterocycles. The molecule has 0 bridgehead atoms. The van der Waals surface area contributed by atoms with Crippen LogP contribution < -0.4 is 5.32 Å². The molecule has 0 spiro atoms. The number of piperazine rings is 1. The van der Waals surface area contributed by atoms with Gasteiger partial charge in [-0.25, -0.2) is 4.98 Å². The van der Waals surface area contributed by atoms with Crippen LogP contribution >= 0.6 is 11.8 Å². The van der Waals surface area contributed by atoms with Crippen molar-refractivity contribution in [1.29, 1.82) is 0 Å². The molecule has 148 valence electrons. The van der Waals surface area contributed by atoms with Crippen LogP contribution in [0.25, 0.3) is 0 Å². The number of carbonyl (C=O) groups excluding carboxylic acids is 2. The lowest BCUT2D eigenvalue weighted by Gasteiger charge is -2.34. The summed E-state index contributed by atoms with van der Waals surface area (Å²) in [5, 5.41) is 3.63. The Bertz CT molecular complexity index is 805. The molecule has 2 amide bonds. The number of nitrogens with zero attached hydrogens (tertiary/aromatic N) is 3. The summed E-state index contributed by atoms with van der Waals surface area (Å²) < 4.78 is 0. The molecule has 1 aliphatic heterocycles. The fraction of sp³-hybridized carbons (Fsp3) is 0.381. The molecule has 1 aromatic carbocycles. The van der Waals surface area contributed by atoms with E-state index in [9.17, 15) is 9.59 Å². The molecule has 2 heterocycles. The first-order valence-electron chi connectivity index (χ1n) is 9.52. The van der Waals surface area contributed by atoms with Crippen LogP contribution in [0.5, 0.6) is 0 Å². The van der Waals surface area contributed by atoms with Crippen LogP contribution in [0.15, 0.2) is 58.6 Å². The topological polar surface area (TPSA) is 65.5 Å². The Morgan fingerprint density at radius 2 is 1.79 bits per heavy atom. The van der Waals surface area contributed by atoms with Crippen molar-refractivity contribution in [3.63, 3.8) is 0 Å². The van der Waals surface area contributed by atoms with E-state index in [0.717, 1.165) is 9.92 Å². The number of benzene rings is 1. The molecule has 0 aliphatic carbocycles. The highest BCUT2D eigenvalue weighted by atomic mass is 32.2. The Morgan fingerprint density at radius 1 is 1.07 bits per heavy atom. The lowest BCUT2D eigenvalue weighted by Crippen LogP contribution is -2.51. The monoisotopic (exact) mass is 398 g/mol. The molecule has 28 heavy (non-hydrogen) atoms. The molecule has 1 aromatic heterocycles. The fourth-order valence-corrected chi connectivity index (χ4v) is 3.98. The zero-order chi connectivity index (χ0) is 19.9. The van der Waals surface area contributed by atoms with Crippen molar-refractivity contribution in [2.45, 2.75) is 29.8 Å². The van der Waals surface area contributed by atoms with Gasteiger partial charge >= 0.3 is 0 Å². The average molecular weight is 399 g/mol. The Kier molecular flexibility index (Phi) is 7.06. The maximum Gasteiger partial charge on any atom is 0.256 e. The van der Waals surface area contributed by atoms with Crippen molar-refractivity contribution in [3.05, 3.63) is 54.2 Å². The summed E-state index contributed by atoms with van der Waals surface area (Å²) in [5.41, 5.74) is 0.627. The Balaban J connectivity index is 1.60. The lowest BCUT2D eigenvalue weighted by molar-refractivity contribution is -0.123. The molecular weight excluding hydrogens is 372 g/mol. The first-order chi connectivity index (χ1) is 13.5. The summed E-state index contributed by atoms with van der Waals surface area (Å²) in [6.45, 7) is 6.89. The third-order valence-electron chi connectivity index (χ3n) is 4.44. The first-order valence-corrected chi connectivity index (χ1v) is 10.3. The van der Waals surface area contributed by atoms with Crippen molar-refractivity contribution < 1.29 is 9.59 Å². The van der Waals surface area contributed by atoms with Gasteiger partial charge < -0.3 is 10.2 Å². The number of amides is 2. The summed E-state index contributed by atoms with van der Waals surface area (Å²) in [5.74, 6) is 0.0291. The molecule has 1 fully saturated rings. The number of nitrogens with one attached hydrogen (secondary N) is 1. The van der Waals surface area contributed by atoms with Crippen LogP contribution in [0.3, 0.4) is 0 Å². The molecule has 3 rings (SSSR count). The predicted molar refractivity (Wildman–Crippen MR) is 110 cm³/mol. The maximum atomic E-state index is 13.1. The van der Waals surface area contributed by atoms with Gasteiger partial charge in [0.25, 0.3) is 5.91 Å². The second kappa shape index (κ2) is 9.71. The number of hydrogen-bond acceptors (Lipinski definition) is 5. The average Bonchev–Trinajstić information content (AvgIpc) is 2.69. The van der Waals surface area contributed by atoms with Gasteiger partial charge in [0.15, 0.2) is 0 Å². The summed E-state index contributed by atoms with van der Waals surface area (Å²) in [7, 11) is 0. The van der Waals surface area contributed by atoms with Gasteiger partial charge in [-0.2, -0.15) is 0 Å². The van der Waals surface area contributed by atoms with Crippen LogP contribution in [0.1, 0.15) is 24.2 Å². The van der Waals surface area contributed by atoms with Gasteiger partial charge in [-0.05, 0) is 38.1 Å². The Hall–Kier alpha value is -2.38. The molecule has 7 heteroatoms. The van der Waals surface area contributed by atoms with Crippen LogP contribution in [0, 0.1) is 0 Å². The van der Waals surface area contributed by atoms with Crippen molar-refractivity contribution in [3.8, 4) is 0 Å². The van der Waals surface area contributed by atoms with Crippen molar-refractivity contribution >= 4 is 23.6 Å². The lowest BCUT2D eigenvalue weighted by atomic mass is 10.2. The predicted octanol–water partition coefficient (Wildman–Crippen LogP) is 2.52. The minimum Gasteiger partial charge on any atom is -0.353 e. The minimum absolute atomic E-state index is 0.00202. The van der Waals surface area contributed by atoms with E-state index >= 15 is 0 Å². The molecule has 0 saturated carbocycles. The summed E-state index contributed by atoms with van der Waals surface area (Å²) in [4.78, 5) is 34.4. The largest absolute Gasteiger partial charge is 0.353 e. The zero-order valence-corrected chi connectivity index (χ0v) is 17.1. The van der Waals surface area contributed by atoms with Crippen LogP contribution in [0.2, 0.25) is 0 Å². The summed E-state index contributed by atoms with van der Waals surface area (Å²) in [6, 6.07) is 13.7. The van der Waals surface area contributed by atoms with Gasteiger partial charge in [-0.3, -0.25) is 14.5 Å². The standard InChI is InChI=1S/C21H26N4O2S/c1-16(2)23-19(26)15-24-11-13-25(14-12-24)21(27)18-9-6-10-22-20(18)28-17-7-4-3-5-8-17/h3-10,16H,11-15H2,1-2H3,(H,23,26). The SMILES string of the molecule is CC(C)NC(=O)CN1CCN(C(=O)c2cccnc2Sc2ccccc2)CC1. The minimum atomic E-state index is -0.00202. The van der Waals surface area contributed by atoms with Gasteiger partial charge in [0.1, 0.15) is 5.03 Å². The second-order valence-electron chi connectivity index (χ2n) is 7.06. The number of carbonyl (C=O) groups is 2. The van der Waals surface area contributed by atoms with Crippen LogP contribution in [0.4, 0.5) is 0 Å². The second-order valence-corrected chi connectivity index (χ2v) is 8.12. The van der Waals surface area contributed by atoms with E-state index in [1.54, 1.807) is 12.3 Å². The molecule has 0 atom stereocenters.